The Kier molecular flexibility index (Phi) is 5.03. The Labute approximate surface area is 151 Å². The van der Waals surface area contributed by atoms with Crippen molar-refractivity contribution in [2.24, 2.45) is 0 Å². The summed E-state index contributed by atoms with van der Waals surface area (Å²) in [6, 6.07) is 6.46. The molecular weight excluding hydrogens is 338 g/mol. The van der Waals surface area contributed by atoms with Crippen molar-refractivity contribution in [1.82, 2.24) is 10.2 Å². The van der Waals surface area contributed by atoms with E-state index in [1.54, 1.807) is 40.9 Å². The van der Waals surface area contributed by atoms with Crippen LogP contribution < -0.4 is 10.6 Å². The lowest BCUT2D eigenvalue weighted by molar-refractivity contribution is -0.135. The average Bonchev–Trinajstić information content (AvgIpc) is 3.09. The number of hydrogen-bond acceptors (Lipinski definition) is 4. The molecule has 1 aromatic rings. The molecule has 0 saturated carbocycles. The van der Waals surface area contributed by atoms with Crippen molar-refractivity contribution in [3.63, 3.8) is 0 Å². The molecule has 0 bridgehead atoms. The summed E-state index contributed by atoms with van der Waals surface area (Å²) in [6.45, 7) is 4.58. The molecule has 134 valence electrons. The summed E-state index contributed by atoms with van der Waals surface area (Å²) in [6.07, 6.45) is 2.11. The maximum absolute atomic E-state index is 12.8. The second-order valence-electron chi connectivity index (χ2n) is 6.56. The zero-order chi connectivity index (χ0) is 18.0. The number of anilines is 1. The number of thioether (sulfide) groups is 1. The Morgan fingerprint density at radius 3 is 2.88 bits per heavy atom. The number of amides is 3. The van der Waals surface area contributed by atoms with Gasteiger partial charge in [-0.3, -0.25) is 14.4 Å². The van der Waals surface area contributed by atoms with Crippen molar-refractivity contribution >= 4 is 35.2 Å². The molecule has 0 aliphatic carbocycles. The van der Waals surface area contributed by atoms with Gasteiger partial charge in [0.25, 0.3) is 5.91 Å². The largest absolute Gasteiger partial charge is 0.352 e. The molecule has 1 aromatic carbocycles. The zero-order valence-electron chi connectivity index (χ0n) is 14.5. The fourth-order valence-corrected chi connectivity index (χ4v) is 4.79. The maximum Gasteiger partial charge on any atom is 0.253 e. The zero-order valence-corrected chi connectivity index (χ0v) is 15.3. The monoisotopic (exact) mass is 361 g/mol. The first-order valence-electron chi connectivity index (χ1n) is 8.60. The third-order valence-electron chi connectivity index (χ3n) is 4.71. The molecule has 7 heteroatoms. The SMILES string of the molecule is CCCNC(=O)c1ccccc1NC(=O)[C@H]1CS[C@@]2(C)CCC(=O)N12. The molecule has 0 spiro atoms. The highest BCUT2D eigenvalue weighted by Crippen LogP contribution is 2.47. The molecule has 3 rings (SSSR count). The van der Waals surface area contributed by atoms with Crippen molar-refractivity contribution < 1.29 is 14.4 Å². The average molecular weight is 361 g/mol. The maximum atomic E-state index is 12.8. The number of nitrogens with zero attached hydrogens (tertiary/aromatic N) is 1. The number of hydrogen-bond donors (Lipinski definition) is 2. The van der Waals surface area contributed by atoms with Gasteiger partial charge in [-0.2, -0.15) is 0 Å². The van der Waals surface area contributed by atoms with Crippen LogP contribution in [0.5, 0.6) is 0 Å². The molecule has 2 heterocycles. The first-order valence-corrected chi connectivity index (χ1v) is 9.59. The molecule has 3 amide bonds. The normalized spacial score (nSPS) is 25.0. The predicted molar refractivity (Wildman–Crippen MR) is 98.4 cm³/mol. The lowest BCUT2D eigenvalue weighted by Gasteiger charge is -2.30. The minimum Gasteiger partial charge on any atom is -0.352 e. The summed E-state index contributed by atoms with van der Waals surface area (Å²) in [7, 11) is 0. The van der Waals surface area contributed by atoms with Gasteiger partial charge in [0.2, 0.25) is 11.8 Å². The van der Waals surface area contributed by atoms with Gasteiger partial charge in [-0.25, -0.2) is 0 Å². The summed E-state index contributed by atoms with van der Waals surface area (Å²) < 4.78 is 0. The Bertz CT molecular complexity index is 709. The second kappa shape index (κ2) is 7.07. The van der Waals surface area contributed by atoms with Gasteiger partial charge < -0.3 is 15.5 Å². The Balaban J connectivity index is 1.76. The van der Waals surface area contributed by atoms with E-state index >= 15 is 0 Å². The third kappa shape index (κ3) is 3.38. The molecule has 25 heavy (non-hydrogen) atoms. The molecule has 0 unspecified atom stereocenters. The van der Waals surface area contributed by atoms with Crippen LogP contribution in [-0.4, -0.2) is 45.8 Å². The van der Waals surface area contributed by atoms with E-state index < -0.39 is 6.04 Å². The Hall–Kier alpha value is -2.02. The van der Waals surface area contributed by atoms with E-state index in [0.717, 1.165) is 12.8 Å². The van der Waals surface area contributed by atoms with Crippen LogP contribution >= 0.6 is 11.8 Å². The molecule has 2 fully saturated rings. The molecule has 2 atom stereocenters. The number of rotatable bonds is 5. The summed E-state index contributed by atoms with van der Waals surface area (Å²) in [5, 5.41) is 5.68. The van der Waals surface area contributed by atoms with Gasteiger partial charge in [-0.15, -0.1) is 11.8 Å². The van der Waals surface area contributed by atoms with Crippen LogP contribution in [-0.2, 0) is 9.59 Å². The summed E-state index contributed by atoms with van der Waals surface area (Å²) in [4.78, 5) is 38.7. The standard InChI is InChI=1S/C18H23N3O3S/c1-3-10-19-16(23)12-6-4-5-7-13(12)20-17(24)14-11-25-18(2)9-8-15(22)21(14)18/h4-7,14H,3,8-11H2,1-2H3,(H,19,23)(H,20,24)/t14-,18+/m1/s1. The highest BCUT2D eigenvalue weighted by molar-refractivity contribution is 8.01. The molecule has 2 aliphatic heterocycles. The van der Waals surface area contributed by atoms with Gasteiger partial charge in [0.1, 0.15) is 6.04 Å². The Morgan fingerprint density at radius 1 is 1.36 bits per heavy atom. The van der Waals surface area contributed by atoms with E-state index in [9.17, 15) is 14.4 Å². The van der Waals surface area contributed by atoms with E-state index in [-0.39, 0.29) is 22.6 Å². The molecule has 2 aliphatic rings. The van der Waals surface area contributed by atoms with Gasteiger partial charge in [0.15, 0.2) is 0 Å². The fourth-order valence-electron chi connectivity index (χ4n) is 3.35. The van der Waals surface area contributed by atoms with Crippen LogP contribution in [0.1, 0.15) is 43.5 Å². The number of carbonyl (C=O) groups excluding carboxylic acids is 3. The number of carbonyl (C=O) groups is 3. The first kappa shape index (κ1) is 17.8. The minimum absolute atomic E-state index is 0.0293. The summed E-state index contributed by atoms with van der Waals surface area (Å²) in [5.41, 5.74) is 0.914. The molecule has 0 radical (unpaired) electrons. The second-order valence-corrected chi connectivity index (χ2v) is 8.06. The van der Waals surface area contributed by atoms with Crippen molar-refractivity contribution in [3.05, 3.63) is 29.8 Å². The highest BCUT2D eigenvalue weighted by Gasteiger charge is 2.52. The number of para-hydroxylation sites is 1. The molecular formula is C18H23N3O3S. The third-order valence-corrected chi connectivity index (χ3v) is 6.22. The van der Waals surface area contributed by atoms with Crippen LogP contribution in [0.4, 0.5) is 5.69 Å². The number of fused-ring (bicyclic) bond motifs is 1. The van der Waals surface area contributed by atoms with Gasteiger partial charge in [0, 0.05) is 18.7 Å². The summed E-state index contributed by atoms with van der Waals surface area (Å²) in [5.74, 6) is 0.169. The lowest BCUT2D eigenvalue weighted by Crippen LogP contribution is -2.48. The van der Waals surface area contributed by atoms with Crippen molar-refractivity contribution in [3.8, 4) is 0 Å². The summed E-state index contributed by atoms with van der Waals surface area (Å²) >= 11 is 1.65. The van der Waals surface area contributed by atoms with Crippen LogP contribution in [0, 0.1) is 0 Å². The van der Waals surface area contributed by atoms with Gasteiger partial charge in [0.05, 0.1) is 16.1 Å². The highest BCUT2D eigenvalue weighted by atomic mass is 32.2. The van der Waals surface area contributed by atoms with E-state index in [0.29, 0.717) is 30.0 Å². The van der Waals surface area contributed by atoms with Crippen LogP contribution in [0.3, 0.4) is 0 Å². The minimum atomic E-state index is -0.489. The quantitative estimate of drug-likeness (QED) is 0.843. The predicted octanol–water partition coefficient (Wildman–Crippen LogP) is 2.22. The van der Waals surface area contributed by atoms with E-state index in [1.807, 2.05) is 13.8 Å². The first-order chi connectivity index (χ1) is 12.0. The fraction of sp³-hybridized carbons (Fsp3) is 0.500. The number of nitrogens with one attached hydrogen (secondary N) is 2. The van der Waals surface area contributed by atoms with Gasteiger partial charge >= 0.3 is 0 Å². The van der Waals surface area contributed by atoms with Crippen molar-refractivity contribution in [2.45, 2.75) is 44.0 Å². The molecule has 6 nitrogen and oxygen atoms in total. The molecule has 2 N–H and O–H groups in total. The molecule has 2 saturated heterocycles. The van der Waals surface area contributed by atoms with Crippen molar-refractivity contribution in [1.29, 1.82) is 0 Å². The van der Waals surface area contributed by atoms with E-state index in [4.69, 9.17) is 0 Å². The van der Waals surface area contributed by atoms with Crippen LogP contribution in [0.15, 0.2) is 24.3 Å². The van der Waals surface area contributed by atoms with Crippen molar-refractivity contribution in [2.75, 3.05) is 17.6 Å². The Morgan fingerprint density at radius 2 is 2.12 bits per heavy atom. The topological polar surface area (TPSA) is 78.5 Å². The van der Waals surface area contributed by atoms with E-state index in [1.165, 1.54) is 0 Å². The molecule has 0 aromatic heterocycles. The smallest absolute Gasteiger partial charge is 0.253 e. The lowest BCUT2D eigenvalue weighted by atomic mass is 10.1. The van der Waals surface area contributed by atoms with Crippen LogP contribution in [0.25, 0.3) is 0 Å². The van der Waals surface area contributed by atoms with Gasteiger partial charge in [-0.1, -0.05) is 19.1 Å². The van der Waals surface area contributed by atoms with E-state index in [2.05, 4.69) is 10.6 Å². The van der Waals surface area contributed by atoms with Crippen LogP contribution in [0.2, 0.25) is 0 Å². The number of benzene rings is 1. The van der Waals surface area contributed by atoms with Gasteiger partial charge in [-0.05, 0) is 31.9 Å².